The van der Waals surface area contributed by atoms with Crippen molar-refractivity contribution in [2.75, 3.05) is 32.8 Å². The highest BCUT2D eigenvalue weighted by molar-refractivity contribution is 5.93. The summed E-state index contributed by atoms with van der Waals surface area (Å²) in [7, 11) is 0. The van der Waals surface area contributed by atoms with E-state index in [1.807, 2.05) is 23.2 Å². The number of nitrogens with one attached hydrogen (secondary N) is 1. The number of hydrogen-bond acceptors (Lipinski definition) is 3. The number of carbonyl (C=O) groups is 1. The fraction of sp³-hybridized carbons (Fsp3) is 0.667. The van der Waals surface area contributed by atoms with Gasteiger partial charge >= 0.3 is 0 Å². The van der Waals surface area contributed by atoms with Gasteiger partial charge in [0, 0.05) is 18.8 Å². The third-order valence-corrected chi connectivity index (χ3v) is 4.33. The van der Waals surface area contributed by atoms with Gasteiger partial charge in [-0.15, -0.1) is 0 Å². The average Bonchev–Trinajstić information content (AvgIpc) is 2.97. The van der Waals surface area contributed by atoms with Crippen molar-refractivity contribution in [3.8, 4) is 0 Å². The molecule has 0 saturated carbocycles. The van der Waals surface area contributed by atoms with Gasteiger partial charge in [-0.1, -0.05) is 0 Å². The Morgan fingerprint density at radius 3 is 2.95 bits per heavy atom. The molecule has 0 aliphatic carbocycles. The third kappa shape index (κ3) is 2.60. The van der Waals surface area contributed by atoms with E-state index in [0.717, 1.165) is 31.6 Å². The lowest BCUT2D eigenvalue weighted by atomic mass is 10.1. The Kier molecular flexibility index (Phi) is 4.08. The molecule has 2 aliphatic rings. The van der Waals surface area contributed by atoms with Crippen molar-refractivity contribution in [3.05, 3.63) is 24.0 Å². The van der Waals surface area contributed by atoms with Gasteiger partial charge in [0.2, 0.25) is 0 Å². The number of ether oxygens (including phenoxy) is 1. The van der Waals surface area contributed by atoms with Gasteiger partial charge in [0.1, 0.15) is 5.69 Å². The first-order chi connectivity index (χ1) is 9.77. The molecule has 1 atom stereocenters. The summed E-state index contributed by atoms with van der Waals surface area (Å²) < 4.78 is 7.59. The number of amides is 1. The van der Waals surface area contributed by atoms with E-state index in [1.165, 1.54) is 0 Å². The molecule has 1 N–H and O–H groups in total. The zero-order valence-corrected chi connectivity index (χ0v) is 12.0. The summed E-state index contributed by atoms with van der Waals surface area (Å²) in [4.78, 5) is 14.7. The number of aromatic nitrogens is 1. The summed E-state index contributed by atoms with van der Waals surface area (Å²) in [5, 5.41) is 3.37. The molecule has 2 fully saturated rings. The van der Waals surface area contributed by atoms with Crippen LogP contribution in [0.3, 0.4) is 0 Å². The molecule has 0 spiro atoms. The zero-order valence-electron chi connectivity index (χ0n) is 12.0. The maximum atomic E-state index is 12.8. The quantitative estimate of drug-likeness (QED) is 0.885. The van der Waals surface area contributed by atoms with Crippen molar-refractivity contribution >= 4 is 5.91 Å². The minimum Gasteiger partial charge on any atom is -0.377 e. The van der Waals surface area contributed by atoms with Gasteiger partial charge in [0.15, 0.2) is 0 Å². The van der Waals surface area contributed by atoms with Crippen LogP contribution in [0.2, 0.25) is 0 Å². The SMILES string of the molecule is CC1COCCN1C(=O)c1cccn1C1CCNCC1. The van der Waals surface area contributed by atoms with Crippen molar-refractivity contribution in [1.82, 2.24) is 14.8 Å². The van der Waals surface area contributed by atoms with Crippen molar-refractivity contribution < 1.29 is 9.53 Å². The first-order valence-electron chi connectivity index (χ1n) is 7.53. The monoisotopic (exact) mass is 277 g/mol. The lowest BCUT2D eigenvalue weighted by Gasteiger charge is -2.34. The van der Waals surface area contributed by atoms with Crippen molar-refractivity contribution in [1.29, 1.82) is 0 Å². The van der Waals surface area contributed by atoms with Gasteiger partial charge in [0.25, 0.3) is 5.91 Å². The van der Waals surface area contributed by atoms with Crippen LogP contribution in [-0.4, -0.2) is 54.3 Å². The van der Waals surface area contributed by atoms with Crippen LogP contribution < -0.4 is 5.32 Å². The highest BCUT2D eigenvalue weighted by Crippen LogP contribution is 2.23. The van der Waals surface area contributed by atoms with E-state index in [4.69, 9.17) is 4.74 Å². The summed E-state index contributed by atoms with van der Waals surface area (Å²) >= 11 is 0. The number of rotatable bonds is 2. The van der Waals surface area contributed by atoms with Crippen LogP contribution in [0, 0.1) is 0 Å². The number of nitrogens with zero attached hydrogens (tertiary/aromatic N) is 2. The maximum absolute atomic E-state index is 12.8. The van der Waals surface area contributed by atoms with Crippen LogP contribution in [0.4, 0.5) is 0 Å². The van der Waals surface area contributed by atoms with E-state index >= 15 is 0 Å². The summed E-state index contributed by atoms with van der Waals surface area (Å²) in [6.07, 6.45) is 4.23. The molecule has 1 aromatic rings. The van der Waals surface area contributed by atoms with Gasteiger partial charge in [0.05, 0.1) is 19.3 Å². The van der Waals surface area contributed by atoms with Crippen molar-refractivity contribution in [3.63, 3.8) is 0 Å². The number of carbonyl (C=O) groups excluding carboxylic acids is 1. The molecular formula is C15H23N3O2. The number of piperidine rings is 1. The molecule has 3 heterocycles. The highest BCUT2D eigenvalue weighted by atomic mass is 16.5. The predicted octanol–water partition coefficient (Wildman–Crippen LogP) is 1.27. The molecule has 110 valence electrons. The summed E-state index contributed by atoms with van der Waals surface area (Å²) in [5.41, 5.74) is 0.825. The molecule has 5 nitrogen and oxygen atoms in total. The molecule has 2 saturated heterocycles. The number of morpholine rings is 1. The van der Waals surface area contributed by atoms with Gasteiger partial charge < -0.3 is 19.5 Å². The van der Waals surface area contributed by atoms with E-state index < -0.39 is 0 Å². The van der Waals surface area contributed by atoms with Gasteiger partial charge in [-0.3, -0.25) is 4.79 Å². The van der Waals surface area contributed by atoms with E-state index in [0.29, 0.717) is 25.8 Å². The molecule has 0 radical (unpaired) electrons. The summed E-state index contributed by atoms with van der Waals surface area (Å²) in [5.74, 6) is 0.143. The smallest absolute Gasteiger partial charge is 0.270 e. The van der Waals surface area contributed by atoms with E-state index in [2.05, 4.69) is 16.8 Å². The maximum Gasteiger partial charge on any atom is 0.270 e. The second kappa shape index (κ2) is 5.97. The fourth-order valence-electron chi connectivity index (χ4n) is 3.15. The van der Waals surface area contributed by atoms with Crippen molar-refractivity contribution in [2.45, 2.75) is 31.8 Å². The number of hydrogen-bond donors (Lipinski definition) is 1. The van der Waals surface area contributed by atoms with E-state index in [9.17, 15) is 4.79 Å². The van der Waals surface area contributed by atoms with E-state index in [1.54, 1.807) is 0 Å². The normalized spacial score (nSPS) is 24.9. The second-order valence-corrected chi connectivity index (χ2v) is 5.70. The topological polar surface area (TPSA) is 46.5 Å². The Balaban J connectivity index is 1.79. The lowest BCUT2D eigenvalue weighted by Crippen LogP contribution is -2.47. The minimum absolute atomic E-state index is 0.143. The van der Waals surface area contributed by atoms with Crippen LogP contribution in [0.25, 0.3) is 0 Å². The average molecular weight is 277 g/mol. The van der Waals surface area contributed by atoms with Crippen LogP contribution in [0.15, 0.2) is 18.3 Å². The lowest BCUT2D eigenvalue weighted by molar-refractivity contribution is 0.00287. The third-order valence-electron chi connectivity index (χ3n) is 4.33. The Labute approximate surface area is 119 Å². The zero-order chi connectivity index (χ0) is 13.9. The molecule has 20 heavy (non-hydrogen) atoms. The Hall–Kier alpha value is -1.33. The Bertz CT molecular complexity index is 465. The van der Waals surface area contributed by atoms with Gasteiger partial charge in [-0.25, -0.2) is 0 Å². The predicted molar refractivity (Wildman–Crippen MR) is 76.9 cm³/mol. The van der Waals surface area contributed by atoms with Gasteiger partial charge in [-0.05, 0) is 45.0 Å². The highest BCUT2D eigenvalue weighted by Gasteiger charge is 2.28. The molecule has 1 unspecified atom stereocenters. The van der Waals surface area contributed by atoms with Crippen LogP contribution >= 0.6 is 0 Å². The van der Waals surface area contributed by atoms with Gasteiger partial charge in [-0.2, -0.15) is 0 Å². The molecule has 1 aromatic heterocycles. The Morgan fingerprint density at radius 2 is 2.20 bits per heavy atom. The molecule has 3 rings (SSSR count). The summed E-state index contributed by atoms with van der Waals surface area (Å²) in [6, 6.07) is 4.54. The largest absolute Gasteiger partial charge is 0.377 e. The molecule has 0 aromatic carbocycles. The molecular weight excluding hydrogens is 254 g/mol. The first-order valence-corrected chi connectivity index (χ1v) is 7.53. The van der Waals surface area contributed by atoms with Crippen LogP contribution in [0.1, 0.15) is 36.3 Å². The fourth-order valence-corrected chi connectivity index (χ4v) is 3.15. The molecule has 0 bridgehead atoms. The Morgan fingerprint density at radius 1 is 1.40 bits per heavy atom. The van der Waals surface area contributed by atoms with E-state index in [-0.39, 0.29) is 11.9 Å². The summed E-state index contributed by atoms with van der Waals surface area (Å²) in [6.45, 7) is 6.09. The van der Waals surface area contributed by atoms with Crippen LogP contribution in [0.5, 0.6) is 0 Å². The molecule has 1 amide bonds. The first kappa shape index (κ1) is 13.6. The molecule has 5 heteroatoms. The second-order valence-electron chi connectivity index (χ2n) is 5.70. The standard InChI is InChI=1S/C15H23N3O2/c1-12-11-20-10-9-17(12)15(19)14-3-2-8-18(14)13-4-6-16-7-5-13/h2-3,8,12-13,16H,4-7,9-11H2,1H3. The minimum atomic E-state index is 0.143. The van der Waals surface area contributed by atoms with Crippen LogP contribution in [-0.2, 0) is 4.74 Å². The van der Waals surface area contributed by atoms with Crippen molar-refractivity contribution in [2.24, 2.45) is 0 Å². The molecule has 2 aliphatic heterocycles.